The second-order valence-corrected chi connectivity index (χ2v) is 8.04. The van der Waals surface area contributed by atoms with Crippen molar-refractivity contribution in [3.8, 4) is 0 Å². The van der Waals surface area contributed by atoms with E-state index < -0.39 is 11.9 Å². The lowest BCUT2D eigenvalue weighted by atomic mass is 9.78. The first-order chi connectivity index (χ1) is 12.5. The quantitative estimate of drug-likeness (QED) is 0.365. The van der Waals surface area contributed by atoms with Crippen LogP contribution in [0.15, 0.2) is 11.2 Å². The van der Waals surface area contributed by atoms with Gasteiger partial charge in [-0.05, 0) is 18.3 Å². The molecule has 2 rings (SSSR count). The summed E-state index contributed by atoms with van der Waals surface area (Å²) in [5, 5.41) is 9.69. The van der Waals surface area contributed by atoms with Crippen LogP contribution in [-0.4, -0.2) is 42.0 Å². The number of nitrogens with one attached hydrogen (secondary N) is 2. The van der Waals surface area contributed by atoms with Gasteiger partial charge in [-0.25, -0.2) is 0 Å². The van der Waals surface area contributed by atoms with E-state index in [0.717, 1.165) is 19.4 Å². The van der Waals surface area contributed by atoms with Gasteiger partial charge in [0.1, 0.15) is 0 Å². The molecule has 6 nitrogen and oxygen atoms in total. The smallest absolute Gasteiger partial charge is 0.377 e. The van der Waals surface area contributed by atoms with Gasteiger partial charge in [0.05, 0.1) is 6.10 Å². The fraction of sp³-hybridized carbons (Fsp3) is 0.778. The van der Waals surface area contributed by atoms with Gasteiger partial charge >= 0.3 is 6.18 Å². The number of aromatic nitrogens is 2. The summed E-state index contributed by atoms with van der Waals surface area (Å²) < 4.78 is 46.3. The van der Waals surface area contributed by atoms with Gasteiger partial charge in [-0.1, -0.05) is 20.8 Å². The van der Waals surface area contributed by atoms with E-state index in [1.807, 2.05) is 0 Å². The zero-order valence-corrected chi connectivity index (χ0v) is 19.4. The monoisotopic (exact) mass is 517 g/mol. The predicted octanol–water partition coefficient (Wildman–Crippen LogP) is 3.56. The predicted molar refractivity (Wildman–Crippen MR) is 114 cm³/mol. The van der Waals surface area contributed by atoms with Gasteiger partial charge in [-0.2, -0.15) is 18.3 Å². The molecule has 0 bridgehead atoms. The molecule has 1 aromatic rings. The molecule has 1 aromatic heterocycles. The van der Waals surface area contributed by atoms with Crippen LogP contribution >= 0.6 is 24.0 Å². The van der Waals surface area contributed by atoms with Crippen LogP contribution in [0.25, 0.3) is 0 Å². The number of aryl methyl sites for hydroxylation is 1. The molecule has 1 fully saturated rings. The first-order valence-corrected chi connectivity index (χ1v) is 9.18. The minimum absolute atomic E-state index is 0. The molecular weight excluding hydrogens is 486 g/mol. The molecular formula is C18H31F3IN5O. The minimum Gasteiger partial charge on any atom is -0.377 e. The average molecular weight is 517 g/mol. The van der Waals surface area contributed by atoms with Crippen molar-refractivity contribution < 1.29 is 17.9 Å². The van der Waals surface area contributed by atoms with Crippen molar-refractivity contribution in [2.24, 2.45) is 23.4 Å². The Kier molecular flexibility index (Phi) is 9.04. The van der Waals surface area contributed by atoms with E-state index in [0.29, 0.717) is 18.4 Å². The van der Waals surface area contributed by atoms with Gasteiger partial charge in [0.25, 0.3) is 0 Å². The molecule has 2 unspecified atom stereocenters. The lowest BCUT2D eigenvalue weighted by Gasteiger charge is -2.40. The molecule has 162 valence electrons. The summed E-state index contributed by atoms with van der Waals surface area (Å²) in [6.07, 6.45) is -0.919. The maximum Gasteiger partial charge on any atom is 0.435 e. The number of hydrogen-bond donors (Lipinski definition) is 2. The standard InChI is InChI=1S/C18H30F3N5O.HI/c1-17(2,3)15-12(7-6-8-27-15)9-23-16(22-4)24-10-13-11-26(5)25-14(13)18(19,20)21;/h11-12,15H,6-10H2,1-5H3,(H2,22,23,24);1H. The summed E-state index contributed by atoms with van der Waals surface area (Å²) in [6, 6.07) is 0. The Morgan fingerprint density at radius 2 is 2.00 bits per heavy atom. The van der Waals surface area contributed by atoms with Crippen molar-refractivity contribution >= 4 is 29.9 Å². The molecule has 1 aliphatic rings. The summed E-state index contributed by atoms with van der Waals surface area (Å²) >= 11 is 0. The maximum atomic E-state index is 13.1. The van der Waals surface area contributed by atoms with Crippen molar-refractivity contribution in [2.75, 3.05) is 20.2 Å². The number of hydrogen-bond acceptors (Lipinski definition) is 3. The van der Waals surface area contributed by atoms with Crippen LogP contribution in [0, 0.1) is 11.3 Å². The van der Waals surface area contributed by atoms with Gasteiger partial charge in [-0.3, -0.25) is 9.67 Å². The van der Waals surface area contributed by atoms with Crippen molar-refractivity contribution in [3.05, 3.63) is 17.5 Å². The summed E-state index contributed by atoms with van der Waals surface area (Å²) in [6.45, 7) is 7.89. The van der Waals surface area contributed by atoms with E-state index in [2.05, 4.69) is 41.5 Å². The SMILES string of the molecule is CN=C(NCc1cn(C)nc1C(F)(F)F)NCC1CCCOC1C(C)(C)C.I. The van der Waals surface area contributed by atoms with Crippen LogP contribution in [-0.2, 0) is 24.5 Å². The number of aliphatic imine (C=N–C) groups is 1. The molecule has 0 radical (unpaired) electrons. The molecule has 2 N–H and O–H groups in total. The topological polar surface area (TPSA) is 63.5 Å². The molecule has 0 aromatic carbocycles. The third kappa shape index (κ3) is 6.78. The van der Waals surface area contributed by atoms with Gasteiger partial charge in [0.15, 0.2) is 11.7 Å². The Labute approximate surface area is 181 Å². The molecule has 2 atom stereocenters. The Balaban J connectivity index is 0.00000392. The molecule has 1 aliphatic heterocycles. The molecule has 2 heterocycles. The van der Waals surface area contributed by atoms with Crippen LogP contribution in [0.3, 0.4) is 0 Å². The van der Waals surface area contributed by atoms with Crippen molar-refractivity contribution in [1.82, 2.24) is 20.4 Å². The number of halogens is 4. The molecule has 1 saturated heterocycles. The Morgan fingerprint density at radius 3 is 2.57 bits per heavy atom. The highest BCUT2D eigenvalue weighted by molar-refractivity contribution is 14.0. The van der Waals surface area contributed by atoms with Crippen LogP contribution in [0.1, 0.15) is 44.9 Å². The van der Waals surface area contributed by atoms with Crippen LogP contribution in [0.2, 0.25) is 0 Å². The molecule has 28 heavy (non-hydrogen) atoms. The van der Waals surface area contributed by atoms with E-state index in [-0.39, 0.29) is 47.6 Å². The highest BCUT2D eigenvalue weighted by Crippen LogP contribution is 2.33. The molecule has 0 amide bonds. The first kappa shape index (κ1) is 25.0. The van der Waals surface area contributed by atoms with E-state index in [4.69, 9.17) is 4.74 Å². The number of guanidine groups is 1. The Hall–Kier alpha value is -1.04. The molecule has 0 aliphatic carbocycles. The van der Waals surface area contributed by atoms with E-state index in [1.54, 1.807) is 7.05 Å². The molecule has 0 spiro atoms. The first-order valence-electron chi connectivity index (χ1n) is 9.18. The Bertz CT molecular complexity index is 655. The zero-order chi connectivity index (χ0) is 20.2. The highest BCUT2D eigenvalue weighted by atomic mass is 127. The van der Waals surface area contributed by atoms with Gasteiger partial charge in [0.2, 0.25) is 0 Å². The zero-order valence-electron chi connectivity index (χ0n) is 17.1. The number of ether oxygens (including phenoxy) is 1. The van der Waals surface area contributed by atoms with Crippen LogP contribution in [0.4, 0.5) is 13.2 Å². The van der Waals surface area contributed by atoms with Crippen molar-refractivity contribution in [3.63, 3.8) is 0 Å². The van der Waals surface area contributed by atoms with E-state index in [9.17, 15) is 13.2 Å². The fourth-order valence-corrected chi connectivity index (χ4v) is 3.54. The van der Waals surface area contributed by atoms with Crippen molar-refractivity contribution in [1.29, 1.82) is 0 Å². The molecule has 10 heteroatoms. The van der Waals surface area contributed by atoms with Gasteiger partial charge in [-0.15, -0.1) is 24.0 Å². The van der Waals surface area contributed by atoms with Gasteiger partial charge < -0.3 is 15.4 Å². The number of rotatable bonds is 4. The highest BCUT2D eigenvalue weighted by Gasteiger charge is 2.37. The average Bonchev–Trinajstić information content (AvgIpc) is 2.95. The fourth-order valence-electron chi connectivity index (χ4n) is 3.54. The summed E-state index contributed by atoms with van der Waals surface area (Å²) in [5.74, 6) is 0.784. The summed E-state index contributed by atoms with van der Waals surface area (Å²) in [5.41, 5.74) is -0.760. The van der Waals surface area contributed by atoms with E-state index >= 15 is 0 Å². The normalized spacial score (nSPS) is 21.2. The number of alkyl halides is 3. The Morgan fingerprint density at radius 1 is 1.32 bits per heavy atom. The van der Waals surface area contributed by atoms with Crippen LogP contribution < -0.4 is 10.6 Å². The second-order valence-electron chi connectivity index (χ2n) is 8.04. The second kappa shape index (κ2) is 10.1. The van der Waals surface area contributed by atoms with Crippen molar-refractivity contribution in [2.45, 2.75) is 52.4 Å². The lowest BCUT2D eigenvalue weighted by Crippen LogP contribution is -2.47. The maximum absolute atomic E-state index is 13.1. The molecule has 0 saturated carbocycles. The van der Waals surface area contributed by atoms with Gasteiger partial charge in [0, 0.05) is 51.5 Å². The number of nitrogens with zero attached hydrogens (tertiary/aromatic N) is 3. The lowest BCUT2D eigenvalue weighted by molar-refractivity contribution is -0.142. The largest absolute Gasteiger partial charge is 0.435 e. The third-order valence-electron chi connectivity index (χ3n) is 4.67. The van der Waals surface area contributed by atoms with Crippen LogP contribution in [0.5, 0.6) is 0 Å². The summed E-state index contributed by atoms with van der Waals surface area (Å²) in [4.78, 5) is 4.12. The summed E-state index contributed by atoms with van der Waals surface area (Å²) in [7, 11) is 3.07. The third-order valence-corrected chi connectivity index (χ3v) is 4.67. The van der Waals surface area contributed by atoms with E-state index in [1.165, 1.54) is 17.9 Å². The minimum atomic E-state index is -4.48.